The van der Waals surface area contributed by atoms with Crippen LogP contribution in [0.4, 0.5) is 22.0 Å². The zero-order chi connectivity index (χ0) is 51.3. The summed E-state index contributed by atoms with van der Waals surface area (Å²) in [5.41, 5.74) is 6.45. The van der Waals surface area contributed by atoms with Gasteiger partial charge in [-0.2, -0.15) is 15.2 Å². The lowest BCUT2D eigenvalue weighted by atomic mass is 9.94. The van der Waals surface area contributed by atoms with Crippen molar-refractivity contribution < 1.29 is 28.7 Å². The number of piperazine rings is 1. The number of ketones is 1. The van der Waals surface area contributed by atoms with Crippen molar-refractivity contribution in [2.24, 2.45) is 0 Å². The topological polar surface area (TPSA) is 196 Å². The minimum absolute atomic E-state index is 0.00841. The standard InChI is InChI=1S/C50H49ClN10O6.C5H11N/c1-29-10-12-34(23-39(29)51)55-49(66)54-24-31-11-13-36-33(22-31)26-60(47(36)64)42-14-15-43(62)61(48(42)65)25-30(2)45(63)38-8-4-6-32-7-5-9-41(44(32)38)58-20-17-37-40(28-58)56-50(67-3)57-46(37)59-21-19-53-35(27-59)16-18-52;1-6-4-2-3-5-6/h4-13,22-23,35,42,53H,2,14-17,19-21,24-28H2,1,3H3,(H2,54,55,66);2-5H2,1H3. The van der Waals surface area contributed by atoms with E-state index in [4.69, 9.17) is 26.3 Å². The Morgan fingerprint density at radius 3 is 2.49 bits per heavy atom. The number of carbonyl (C=O) groups excluding carboxylic acids is 5. The predicted molar refractivity (Wildman–Crippen MR) is 280 cm³/mol. The monoisotopic (exact) mass is 1010 g/mol. The number of amides is 5. The summed E-state index contributed by atoms with van der Waals surface area (Å²) < 4.78 is 5.57. The Balaban J connectivity index is 0.00000102. The summed E-state index contributed by atoms with van der Waals surface area (Å²) in [6, 6.07) is 23.1. The molecule has 1 aromatic heterocycles. The van der Waals surface area contributed by atoms with E-state index in [1.165, 1.54) is 30.8 Å². The second kappa shape index (κ2) is 22.2. The number of imide groups is 1. The highest BCUT2D eigenvalue weighted by Gasteiger charge is 2.43. The molecule has 0 radical (unpaired) electrons. The quantitative estimate of drug-likeness (QED) is 0.0671. The van der Waals surface area contributed by atoms with E-state index >= 15 is 0 Å². The molecule has 2 atom stereocenters. The van der Waals surface area contributed by atoms with Gasteiger partial charge in [-0.15, -0.1) is 0 Å². The van der Waals surface area contributed by atoms with Gasteiger partial charge in [0.05, 0.1) is 38.4 Å². The highest BCUT2D eigenvalue weighted by molar-refractivity contribution is 6.31. The normalized spacial score (nSPS) is 18.7. The summed E-state index contributed by atoms with van der Waals surface area (Å²) in [4.78, 5) is 87.4. The van der Waals surface area contributed by atoms with Gasteiger partial charge < -0.3 is 40.3 Å². The molecule has 2 unspecified atom stereocenters. The Morgan fingerprint density at radius 2 is 1.75 bits per heavy atom. The van der Waals surface area contributed by atoms with Gasteiger partial charge >= 0.3 is 12.0 Å². The van der Waals surface area contributed by atoms with E-state index in [1.807, 2.05) is 43.3 Å². The Kier molecular flexibility index (Phi) is 15.3. The number of fused-ring (bicyclic) bond motifs is 3. The fraction of sp³-hybridized carbons (Fsp3) is 0.382. The lowest BCUT2D eigenvalue weighted by Crippen LogP contribution is -2.55. The maximum Gasteiger partial charge on any atom is 0.319 e. The summed E-state index contributed by atoms with van der Waals surface area (Å²) in [7, 11) is 3.71. The number of ether oxygens (including phenoxy) is 1. The third kappa shape index (κ3) is 11.0. The van der Waals surface area contributed by atoms with E-state index in [1.54, 1.807) is 43.5 Å². The van der Waals surface area contributed by atoms with E-state index in [9.17, 15) is 29.2 Å². The van der Waals surface area contributed by atoms with Crippen molar-refractivity contribution in [3.63, 3.8) is 0 Å². The fourth-order valence-electron chi connectivity index (χ4n) is 10.4. The zero-order valence-electron chi connectivity index (χ0n) is 41.5. The van der Waals surface area contributed by atoms with Crippen molar-refractivity contribution in [1.82, 2.24) is 35.3 Å². The first-order valence-corrected chi connectivity index (χ1v) is 25.2. The van der Waals surface area contributed by atoms with Crippen LogP contribution in [0.3, 0.4) is 0 Å². The molecule has 3 N–H and O–H groups in total. The number of rotatable bonds is 12. The van der Waals surface area contributed by atoms with Crippen molar-refractivity contribution >= 4 is 69.1 Å². The number of anilines is 3. The SMILES string of the molecule is C=C(CN1C(=O)CCC(N2Cc3cc(CNC(=O)Nc4ccc(C)c(Cl)c4)ccc3C2=O)C1=O)C(=O)c1cccc2cccc(N3CCc4c(nc(OC)nc4N4CCNC(CC#N)C4)C3)c12.CN1CCCC1. The highest BCUT2D eigenvalue weighted by Crippen LogP contribution is 2.37. The van der Waals surface area contributed by atoms with Gasteiger partial charge in [0.25, 0.3) is 11.8 Å². The molecule has 0 saturated carbocycles. The van der Waals surface area contributed by atoms with Crippen LogP contribution < -0.4 is 30.5 Å². The molecule has 17 nitrogen and oxygen atoms in total. The van der Waals surface area contributed by atoms with Gasteiger partial charge in [0.1, 0.15) is 11.9 Å². The van der Waals surface area contributed by atoms with Gasteiger partial charge in [-0.1, -0.05) is 66.7 Å². The minimum atomic E-state index is -0.922. The Bertz CT molecular complexity index is 3040. The number of Topliss-reactive ketones (excluding diaryl/α,β-unsaturated/α-hetero) is 1. The first kappa shape index (κ1) is 50.5. The van der Waals surface area contributed by atoms with Crippen LogP contribution in [0.1, 0.15) is 80.8 Å². The molecule has 73 heavy (non-hydrogen) atoms. The molecule has 0 bridgehead atoms. The molecule has 378 valence electrons. The van der Waals surface area contributed by atoms with Crippen LogP contribution in [0.5, 0.6) is 6.01 Å². The second-order valence-corrected chi connectivity index (χ2v) is 19.7. The summed E-state index contributed by atoms with van der Waals surface area (Å²) in [6.07, 6.45) is 4.00. The van der Waals surface area contributed by atoms with Gasteiger partial charge in [-0.25, -0.2) is 4.79 Å². The van der Waals surface area contributed by atoms with Gasteiger partial charge in [0, 0.05) is 95.8 Å². The van der Waals surface area contributed by atoms with Gasteiger partial charge in [0.2, 0.25) is 5.91 Å². The molecule has 5 aliphatic heterocycles. The number of likely N-dealkylation sites (tertiary alicyclic amines) is 2. The number of aryl methyl sites for hydroxylation is 1. The first-order chi connectivity index (χ1) is 35.3. The number of nitriles is 1. The van der Waals surface area contributed by atoms with E-state index in [-0.39, 0.29) is 56.0 Å². The number of benzene rings is 4. The van der Waals surface area contributed by atoms with Crippen LogP contribution in [-0.4, -0.2) is 126 Å². The molecule has 3 saturated heterocycles. The molecular weight excluding hydrogens is 946 g/mol. The van der Waals surface area contributed by atoms with Crippen molar-refractivity contribution in [2.75, 3.05) is 75.1 Å². The number of urea groups is 1. The Labute approximate surface area is 430 Å². The molecule has 0 aliphatic carbocycles. The van der Waals surface area contributed by atoms with Gasteiger partial charge in [0.15, 0.2) is 5.78 Å². The van der Waals surface area contributed by atoms with Crippen molar-refractivity contribution in [2.45, 2.75) is 77.2 Å². The molecule has 5 aliphatic rings. The second-order valence-electron chi connectivity index (χ2n) is 19.3. The Hall–Kier alpha value is -7.39. The summed E-state index contributed by atoms with van der Waals surface area (Å²) >= 11 is 6.20. The lowest BCUT2D eigenvalue weighted by molar-refractivity contribution is -0.151. The average Bonchev–Trinajstić information content (AvgIpc) is 4.02. The number of aromatic nitrogens is 2. The van der Waals surface area contributed by atoms with E-state index in [0.29, 0.717) is 65.3 Å². The van der Waals surface area contributed by atoms with E-state index in [0.717, 1.165) is 57.3 Å². The molecule has 10 rings (SSSR count). The molecule has 3 fully saturated rings. The maximum absolute atomic E-state index is 14.5. The Morgan fingerprint density at radius 1 is 0.959 bits per heavy atom. The number of nitrogens with one attached hydrogen (secondary N) is 3. The number of hydrogen-bond donors (Lipinski definition) is 3. The van der Waals surface area contributed by atoms with Crippen molar-refractivity contribution in [3.8, 4) is 12.1 Å². The molecule has 5 amide bonds. The van der Waals surface area contributed by atoms with Crippen LogP contribution in [0, 0.1) is 18.3 Å². The average molecular weight is 1010 g/mol. The smallest absolute Gasteiger partial charge is 0.319 e. The van der Waals surface area contributed by atoms with Crippen LogP contribution >= 0.6 is 11.6 Å². The number of methoxy groups -OCH3 is 1. The minimum Gasteiger partial charge on any atom is -0.467 e. The summed E-state index contributed by atoms with van der Waals surface area (Å²) in [5, 5.41) is 20.4. The summed E-state index contributed by atoms with van der Waals surface area (Å²) in [6.45, 7) is 11.8. The first-order valence-electron chi connectivity index (χ1n) is 24.8. The molecule has 0 spiro atoms. The lowest BCUT2D eigenvalue weighted by Gasteiger charge is -2.37. The molecular formula is C55H60ClN11O6. The van der Waals surface area contributed by atoms with E-state index in [2.05, 4.69) is 50.3 Å². The molecule has 5 aromatic rings. The molecule has 6 heterocycles. The van der Waals surface area contributed by atoms with Crippen molar-refractivity contribution in [3.05, 3.63) is 129 Å². The highest BCUT2D eigenvalue weighted by atomic mass is 35.5. The fourth-order valence-corrected chi connectivity index (χ4v) is 10.6. The number of hydrogen-bond acceptors (Lipinski definition) is 13. The molecule has 18 heteroatoms. The van der Waals surface area contributed by atoms with Crippen LogP contribution in [0.25, 0.3) is 10.8 Å². The van der Waals surface area contributed by atoms with Crippen LogP contribution in [-0.2, 0) is 35.6 Å². The third-order valence-electron chi connectivity index (χ3n) is 14.3. The van der Waals surface area contributed by atoms with Crippen LogP contribution in [0.15, 0.2) is 84.9 Å². The number of piperidine rings is 1. The van der Waals surface area contributed by atoms with Crippen molar-refractivity contribution in [1.29, 1.82) is 5.26 Å². The maximum atomic E-state index is 14.5. The van der Waals surface area contributed by atoms with Gasteiger partial charge in [-0.05, 0) is 99.1 Å². The summed E-state index contributed by atoms with van der Waals surface area (Å²) in [5.74, 6) is -0.932. The predicted octanol–water partition coefficient (Wildman–Crippen LogP) is 6.80. The number of nitrogens with zero attached hydrogens (tertiary/aromatic N) is 8. The van der Waals surface area contributed by atoms with E-state index < -0.39 is 29.7 Å². The van der Waals surface area contributed by atoms with Gasteiger partial charge in [-0.3, -0.25) is 24.1 Å². The third-order valence-corrected chi connectivity index (χ3v) is 14.7. The number of halogens is 1. The molecule has 4 aromatic carbocycles. The van der Waals surface area contributed by atoms with Crippen LogP contribution in [0.2, 0.25) is 5.02 Å². The zero-order valence-corrected chi connectivity index (χ0v) is 42.3. The number of carbonyl (C=O) groups is 5. The largest absolute Gasteiger partial charge is 0.467 e.